The maximum absolute atomic E-state index is 12.9. The molecular weight excluding hydrogens is 344 g/mol. The zero-order valence-corrected chi connectivity index (χ0v) is 16.1. The Morgan fingerprint density at radius 1 is 1.07 bits per heavy atom. The molecule has 0 aliphatic carbocycles. The maximum Gasteiger partial charge on any atom is 0.251 e. The summed E-state index contributed by atoms with van der Waals surface area (Å²) in [6.07, 6.45) is 0. The van der Waals surface area contributed by atoms with Gasteiger partial charge in [-0.15, -0.1) is 0 Å². The molecule has 2 rings (SSSR count). The van der Waals surface area contributed by atoms with Crippen LogP contribution in [-0.4, -0.2) is 42.0 Å². The van der Waals surface area contributed by atoms with Gasteiger partial charge >= 0.3 is 0 Å². The minimum atomic E-state index is -0.637. The predicted octanol–water partition coefficient (Wildman–Crippen LogP) is 2.81. The van der Waals surface area contributed by atoms with E-state index in [1.807, 2.05) is 13.8 Å². The van der Waals surface area contributed by atoms with Crippen molar-refractivity contribution in [3.63, 3.8) is 0 Å². The highest BCUT2D eigenvalue weighted by atomic mass is 16.5. The van der Waals surface area contributed by atoms with Crippen molar-refractivity contribution in [2.75, 3.05) is 14.2 Å². The molecule has 0 bridgehead atoms. The first-order valence-corrected chi connectivity index (χ1v) is 8.79. The van der Waals surface area contributed by atoms with Crippen LogP contribution in [0.1, 0.15) is 29.8 Å². The van der Waals surface area contributed by atoms with E-state index in [9.17, 15) is 14.7 Å². The number of carbonyl (C=O) groups excluding carboxylic acids is 2. The number of aromatic hydroxyl groups is 1. The fraction of sp³-hybridized carbons (Fsp3) is 0.333. The standard InChI is InChI=1S/C21H26N2O4/c1-14(2)19(22-20(25)16-7-11-18(27-4)12-8-16)21(26)23(3)13-15-5-9-17(24)10-6-15/h5-12,14,19,24H,13H2,1-4H3,(H,22,25)/t19-/m0/s1. The minimum absolute atomic E-state index is 0.0676. The summed E-state index contributed by atoms with van der Waals surface area (Å²) in [6.45, 7) is 4.18. The highest BCUT2D eigenvalue weighted by Crippen LogP contribution is 2.15. The molecule has 2 amide bonds. The summed E-state index contributed by atoms with van der Waals surface area (Å²) in [6, 6.07) is 12.8. The molecule has 27 heavy (non-hydrogen) atoms. The van der Waals surface area contributed by atoms with Gasteiger partial charge in [-0.25, -0.2) is 0 Å². The number of amides is 2. The number of hydrogen-bond acceptors (Lipinski definition) is 4. The van der Waals surface area contributed by atoms with Crippen LogP contribution in [0.15, 0.2) is 48.5 Å². The van der Waals surface area contributed by atoms with Gasteiger partial charge in [-0.05, 0) is 47.9 Å². The smallest absolute Gasteiger partial charge is 0.251 e. The Hall–Kier alpha value is -3.02. The van der Waals surface area contributed by atoms with Gasteiger partial charge in [-0.2, -0.15) is 0 Å². The van der Waals surface area contributed by atoms with Crippen molar-refractivity contribution in [3.8, 4) is 11.5 Å². The van der Waals surface area contributed by atoms with Gasteiger partial charge in [0.1, 0.15) is 17.5 Å². The number of likely N-dealkylation sites (N-methyl/N-ethyl adjacent to an activating group) is 1. The third kappa shape index (κ3) is 5.48. The van der Waals surface area contributed by atoms with E-state index in [-0.39, 0.29) is 23.5 Å². The summed E-state index contributed by atoms with van der Waals surface area (Å²) in [5.74, 6) is 0.306. The summed E-state index contributed by atoms with van der Waals surface area (Å²) in [4.78, 5) is 27.0. The van der Waals surface area contributed by atoms with Crippen LogP contribution in [0, 0.1) is 5.92 Å². The van der Waals surface area contributed by atoms with Crippen LogP contribution in [0.5, 0.6) is 11.5 Å². The number of phenolic OH excluding ortho intramolecular Hbond substituents is 1. The fourth-order valence-corrected chi connectivity index (χ4v) is 2.67. The summed E-state index contributed by atoms with van der Waals surface area (Å²) in [7, 11) is 3.26. The lowest BCUT2D eigenvalue weighted by atomic mass is 10.0. The van der Waals surface area contributed by atoms with Crippen molar-refractivity contribution in [2.24, 2.45) is 5.92 Å². The Kier molecular flexibility index (Phi) is 6.82. The van der Waals surface area contributed by atoms with Crippen molar-refractivity contribution >= 4 is 11.8 Å². The number of ether oxygens (including phenoxy) is 1. The molecule has 0 saturated carbocycles. The molecule has 0 unspecified atom stereocenters. The monoisotopic (exact) mass is 370 g/mol. The number of rotatable bonds is 7. The van der Waals surface area contributed by atoms with Crippen LogP contribution in [0.4, 0.5) is 0 Å². The summed E-state index contributed by atoms with van der Waals surface area (Å²) in [5.41, 5.74) is 1.36. The Bertz CT molecular complexity index is 770. The van der Waals surface area contributed by atoms with Gasteiger partial charge in [-0.3, -0.25) is 9.59 Å². The number of phenols is 1. The van der Waals surface area contributed by atoms with Crippen LogP contribution in [0.3, 0.4) is 0 Å². The quantitative estimate of drug-likeness (QED) is 0.786. The van der Waals surface area contributed by atoms with Crippen molar-refractivity contribution in [2.45, 2.75) is 26.4 Å². The van der Waals surface area contributed by atoms with E-state index < -0.39 is 6.04 Å². The third-order valence-corrected chi connectivity index (χ3v) is 4.30. The first kappa shape index (κ1) is 20.3. The molecule has 0 aliphatic rings. The van der Waals surface area contributed by atoms with Crippen LogP contribution < -0.4 is 10.1 Å². The normalized spacial score (nSPS) is 11.7. The van der Waals surface area contributed by atoms with E-state index in [1.54, 1.807) is 67.6 Å². The lowest BCUT2D eigenvalue weighted by Crippen LogP contribution is -2.50. The van der Waals surface area contributed by atoms with E-state index in [0.717, 1.165) is 5.56 Å². The molecule has 6 heteroatoms. The maximum atomic E-state index is 12.9. The van der Waals surface area contributed by atoms with E-state index in [2.05, 4.69) is 5.32 Å². The van der Waals surface area contributed by atoms with E-state index in [0.29, 0.717) is 17.9 Å². The summed E-state index contributed by atoms with van der Waals surface area (Å²) < 4.78 is 5.09. The van der Waals surface area contributed by atoms with E-state index >= 15 is 0 Å². The van der Waals surface area contributed by atoms with Crippen LogP contribution in [0.2, 0.25) is 0 Å². The van der Waals surface area contributed by atoms with Gasteiger partial charge in [0.25, 0.3) is 5.91 Å². The zero-order chi connectivity index (χ0) is 20.0. The summed E-state index contributed by atoms with van der Waals surface area (Å²) in [5, 5.41) is 12.2. The van der Waals surface area contributed by atoms with Gasteiger partial charge < -0.3 is 20.1 Å². The Morgan fingerprint density at radius 3 is 2.19 bits per heavy atom. The molecule has 0 aromatic heterocycles. The Balaban J connectivity index is 2.06. The van der Waals surface area contributed by atoms with Gasteiger partial charge in [-0.1, -0.05) is 26.0 Å². The van der Waals surface area contributed by atoms with Crippen LogP contribution >= 0.6 is 0 Å². The molecule has 144 valence electrons. The molecule has 0 fully saturated rings. The first-order valence-electron chi connectivity index (χ1n) is 8.79. The predicted molar refractivity (Wildman–Crippen MR) is 104 cm³/mol. The molecule has 0 heterocycles. The number of nitrogens with zero attached hydrogens (tertiary/aromatic N) is 1. The van der Waals surface area contributed by atoms with Crippen LogP contribution in [-0.2, 0) is 11.3 Å². The number of methoxy groups -OCH3 is 1. The average Bonchev–Trinajstić information content (AvgIpc) is 2.67. The Labute approximate surface area is 159 Å². The Morgan fingerprint density at radius 2 is 1.67 bits per heavy atom. The van der Waals surface area contributed by atoms with Gasteiger partial charge in [0.15, 0.2) is 0 Å². The second-order valence-electron chi connectivity index (χ2n) is 6.78. The molecule has 0 saturated heterocycles. The van der Waals surface area contributed by atoms with Crippen LogP contribution in [0.25, 0.3) is 0 Å². The summed E-state index contributed by atoms with van der Waals surface area (Å²) >= 11 is 0. The van der Waals surface area contributed by atoms with Crippen molar-refractivity contribution in [1.82, 2.24) is 10.2 Å². The van der Waals surface area contributed by atoms with Crippen molar-refractivity contribution in [3.05, 3.63) is 59.7 Å². The molecule has 0 aliphatic heterocycles. The first-order chi connectivity index (χ1) is 12.8. The van der Waals surface area contributed by atoms with E-state index in [1.165, 1.54) is 0 Å². The number of nitrogens with one attached hydrogen (secondary N) is 1. The molecule has 1 atom stereocenters. The SMILES string of the molecule is COc1ccc(C(=O)N[C@H](C(=O)N(C)Cc2ccc(O)cc2)C(C)C)cc1. The molecule has 6 nitrogen and oxygen atoms in total. The van der Waals surface area contributed by atoms with Gasteiger partial charge in [0.05, 0.1) is 7.11 Å². The highest BCUT2D eigenvalue weighted by Gasteiger charge is 2.27. The van der Waals surface area contributed by atoms with Gasteiger partial charge in [0.2, 0.25) is 5.91 Å². The highest BCUT2D eigenvalue weighted by molar-refractivity contribution is 5.97. The van der Waals surface area contributed by atoms with E-state index in [4.69, 9.17) is 4.74 Å². The molecule has 2 aromatic carbocycles. The number of carbonyl (C=O) groups is 2. The third-order valence-electron chi connectivity index (χ3n) is 4.30. The topological polar surface area (TPSA) is 78.9 Å². The number of benzene rings is 2. The minimum Gasteiger partial charge on any atom is -0.508 e. The fourth-order valence-electron chi connectivity index (χ4n) is 2.67. The molecule has 2 N–H and O–H groups in total. The van der Waals surface area contributed by atoms with Crippen molar-refractivity contribution < 1.29 is 19.4 Å². The lowest BCUT2D eigenvalue weighted by Gasteiger charge is -2.27. The molecule has 0 radical (unpaired) electrons. The second kappa shape index (κ2) is 9.07. The molecule has 0 spiro atoms. The molecule has 2 aromatic rings. The largest absolute Gasteiger partial charge is 0.508 e. The number of hydrogen-bond donors (Lipinski definition) is 2. The lowest BCUT2D eigenvalue weighted by molar-refractivity contribution is -0.133. The second-order valence-corrected chi connectivity index (χ2v) is 6.78. The zero-order valence-electron chi connectivity index (χ0n) is 16.1. The van der Waals surface area contributed by atoms with Crippen molar-refractivity contribution in [1.29, 1.82) is 0 Å². The van der Waals surface area contributed by atoms with Gasteiger partial charge in [0, 0.05) is 19.2 Å². The molecular formula is C21H26N2O4. The average molecular weight is 370 g/mol.